The van der Waals surface area contributed by atoms with Gasteiger partial charge in [-0.15, -0.1) is 0 Å². The van der Waals surface area contributed by atoms with Crippen LogP contribution in [0.3, 0.4) is 0 Å². The topological polar surface area (TPSA) is 37.8 Å². The Bertz CT molecular complexity index is 325. The van der Waals surface area contributed by atoms with Crippen LogP contribution in [0.1, 0.15) is 19.0 Å². The molecular formula is C9H12F3N3. The summed E-state index contributed by atoms with van der Waals surface area (Å²) in [6, 6.07) is -0.708. The number of nitrogens with one attached hydrogen (secondary N) is 1. The zero-order valence-corrected chi connectivity index (χ0v) is 8.47. The number of aromatic nitrogens is 2. The molecule has 1 aromatic rings. The Morgan fingerprint density at radius 3 is 2.47 bits per heavy atom. The molecule has 1 N–H and O–H groups in total. The highest BCUT2D eigenvalue weighted by molar-refractivity contribution is 5.39. The smallest absolute Gasteiger partial charge is 0.366 e. The SMILES string of the molecule is Cc1nccnc1NC(C)CC(F)(F)F. The van der Waals surface area contributed by atoms with E-state index in [1.807, 2.05) is 0 Å². The Hall–Kier alpha value is -1.33. The van der Waals surface area contributed by atoms with Gasteiger partial charge in [0.05, 0.1) is 12.1 Å². The molecule has 0 aliphatic heterocycles. The molecule has 0 aliphatic rings. The molecule has 1 rings (SSSR count). The summed E-state index contributed by atoms with van der Waals surface area (Å²) in [6.45, 7) is 3.15. The van der Waals surface area contributed by atoms with Gasteiger partial charge in [0.2, 0.25) is 0 Å². The van der Waals surface area contributed by atoms with Crippen molar-refractivity contribution in [3.8, 4) is 0 Å². The van der Waals surface area contributed by atoms with Crippen LogP contribution in [-0.4, -0.2) is 22.2 Å². The van der Waals surface area contributed by atoms with Crippen molar-refractivity contribution in [1.82, 2.24) is 9.97 Å². The van der Waals surface area contributed by atoms with E-state index in [4.69, 9.17) is 0 Å². The summed E-state index contributed by atoms with van der Waals surface area (Å²) in [5, 5.41) is 2.67. The van der Waals surface area contributed by atoms with Crippen LogP contribution in [0.15, 0.2) is 12.4 Å². The fraction of sp³-hybridized carbons (Fsp3) is 0.556. The molecule has 1 aromatic heterocycles. The van der Waals surface area contributed by atoms with Crippen LogP contribution in [0.5, 0.6) is 0 Å². The quantitative estimate of drug-likeness (QED) is 0.848. The predicted octanol–water partition coefficient (Wildman–Crippen LogP) is 2.54. The summed E-state index contributed by atoms with van der Waals surface area (Å²) < 4.78 is 36.1. The second-order valence-electron chi connectivity index (χ2n) is 3.36. The minimum absolute atomic E-state index is 0.397. The number of hydrogen-bond acceptors (Lipinski definition) is 3. The van der Waals surface area contributed by atoms with Crippen molar-refractivity contribution in [3.05, 3.63) is 18.1 Å². The lowest BCUT2D eigenvalue weighted by Gasteiger charge is -2.16. The molecule has 0 fully saturated rings. The van der Waals surface area contributed by atoms with E-state index in [0.717, 1.165) is 0 Å². The van der Waals surface area contributed by atoms with Crippen molar-refractivity contribution in [2.24, 2.45) is 0 Å². The van der Waals surface area contributed by atoms with Gasteiger partial charge in [-0.2, -0.15) is 13.2 Å². The first-order valence-electron chi connectivity index (χ1n) is 4.49. The monoisotopic (exact) mass is 219 g/mol. The van der Waals surface area contributed by atoms with Gasteiger partial charge in [-0.3, -0.25) is 4.98 Å². The highest BCUT2D eigenvalue weighted by atomic mass is 19.4. The molecule has 84 valence electrons. The van der Waals surface area contributed by atoms with Gasteiger partial charge in [0, 0.05) is 18.4 Å². The summed E-state index contributed by atoms with van der Waals surface area (Å²) in [6.07, 6.45) is -2.11. The lowest BCUT2D eigenvalue weighted by molar-refractivity contribution is -0.136. The molecule has 3 nitrogen and oxygen atoms in total. The van der Waals surface area contributed by atoms with Crippen LogP contribution >= 0.6 is 0 Å². The maximum Gasteiger partial charge on any atom is 0.391 e. The molecule has 0 saturated carbocycles. The molecule has 0 aromatic carbocycles. The third kappa shape index (κ3) is 4.14. The standard InChI is InChI=1S/C9H12F3N3/c1-6(5-9(10,11)12)15-8-7(2)13-3-4-14-8/h3-4,6H,5H2,1-2H3,(H,14,15). The Balaban J connectivity index is 2.59. The summed E-state index contributed by atoms with van der Waals surface area (Å²) in [5.41, 5.74) is 0.589. The van der Waals surface area contributed by atoms with Crippen LogP contribution in [0, 0.1) is 6.92 Å². The van der Waals surface area contributed by atoms with Gasteiger partial charge in [0.25, 0.3) is 0 Å². The predicted molar refractivity (Wildman–Crippen MR) is 50.5 cm³/mol. The Morgan fingerprint density at radius 1 is 1.33 bits per heavy atom. The van der Waals surface area contributed by atoms with Crippen LogP contribution in [0.4, 0.5) is 19.0 Å². The molecular weight excluding hydrogens is 207 g/mol. The zero-order chi connectivity index (χ0) is 11.5. The summed E-state index contributed by atoms with van der Waals surface area (Å²) in [4.78, 5) is 7.83. The van der Waals surface area contributed by atoms with E-state index < -0.39 is 18.6 Å². The number of nitrogens with zero attached hydrogens (tertiary/aromatic N) is 2. The molecule has 0 bridgehead atoms. The van der Waals surface area contributed by atoms with Crippen molar-refractivity contribution in [2.45, 2.75) is 32.5 Å². The number of alkyl halides is 3. The Labute approximate surface area is 85.7 Å². The molecule has 0 radical (unpaired) electrons. The van der Waals surface area contributed by atoms with Gasteiger partial charge < -0.3 is 5.32 Å². The van der Waals surface area contributed by atoms with Gasteiger partial charge >= 0.3 is 6.18 Å². The first kappa shape index (κ1) is 11.7. The lowest BCUT2D eigenvalue weighted by atomic mass is 10.2. The average molecular weight is 219 g/mol. The van der Waals surface area contributed by atoms with Crippen molar-refractivity contribution in [2.75, 3.05) is 5.32 Å². The maximum atomic E-state index is 12.0. The van der Waals surface area contributed by atoms with E-state index in [0.29, 0.717) is 11.5 Å². The molecule has 1 atom stereocenters. The number of aryl methyl sites for hydroxylation is 1. The summed E-state index contributed by atoms with van der Waals surface area (Å²) in [5.74, 6) is 0.397. The average Bonchev–Trinajstić information content (AvgIpc) is 2.05. The Morgan fingerprint density at radius 2 is 1.93 bits per heavy atom. The zero-order valence-electron chi connectivity index (χ0n) is 8.47. The van der Waals surface area contributed by atoms with E-state index >= 15 is 0 Å². The van der Waals surface area contributed by atoms with Crippen molar-refractivity contribution in [1.29, 1.82) is 0 Å². The fourth-order valence-corrected chi connectivity index (χ4v) is 1.18. The second-order valence-corrected chi connectivity index (χ2v) is 3.36. The molecule has 1 unspecified atom stereocenters. The van der Waals surface area contributed by atoms with E-state index in [1.54, 1.807) is 6.92 Å². The Kier molecular flexibility index (Phi) is 3.49. The van der Waals surface area contributed by atoms with E-state index in [-0.39, 0.29) is 0 Å². The van der Waals surface area contributed by atoms with Crippen LogP contribution in [0.2, 0.25) is 0 Å². The minimum Gasteiger partial charge on any atom is -0.366 e. The first-order chi connectivity index (χ1) is 6.88. The van der Waals surface area contributed by atoms with Gasteiger partial charge in [-0.05, 0) is 13.8 Å². The number of rotatable bonds is 3. The van der Waals surface area contributed by atoms with Crippen molar-refractivity contribution >= 4 is 5.82 Å². The highest BCUT2D eigenvalue weighted by Gasteiger charge is 2.30. The molecule has 0 aliphatic carbocycles. The molecule has 1 heterocycles. The number of halogens is 3. The second kappa shape index (κ2) is 4.46. The highest BCUT2D eigenvalue weighted by Crippen LogP contribution is 2.23. The van der Waals surface area contributed by atoms with Crippen LogP contribution in [0.25, 0.3) is 0 Å². The van der Waals surface area contributed by atoms with Gasteiger partial charge in [0.15, 0.2) is 0 Å². The lowest BCUT2D eigenvalue weighted by Crippen LogP contribution is -2.24. The van der Waals surface area contributed by atoms with E-state index in [1.165, 1.54) is 19.3 Å². The number of anilines is 1. The van der Waals surface area contributed by atoms with Crippen molar-refractivity contribution in [3.63, 3.8) is 0 Å². The van der Waals surface area contributed by atoms with Gasteiger partial charge in [-0.1, -0.05) is 0 Å². The number of hydrogen-bond donors (Lipinski definition) is 1. The van der Waals surface area contributed by atoms with Gasteiger partial charge in [0.1, 0.15) is 5.82 Å². The van der Waals surface area contributed by atoms with E-state index in [9.17, 15) is 13.2 Å². The first-order valence-corrected chi connectivity index (χ1v) is 4.49. The fourth-order valence-electron chi connectivity index (χ4n) is 1.18. The van der Waals surface area contributed by atoms with Crippen molar-refractivity contribution < 1.29 is 13.2 Å². The van der Waals surface area contributed by atoms with Crippen LogP contribution in [-0.2, 0) is 0 Å². The largest absolute Gasteiger partial charge is 0.391 e. The van der Waals surface area contributed by atoms with Crippen LogP contribution < -0.4 is 5.32 Å². The molecule has 15 heavy (non-hydrogen) atoms. The third-order valence-corrected chi connectivity index (χ3v) is 1.80. The minimum atomic E-state index is -4.16. The molecule has 0 amide bonds. The molecule has 0 spiro atoms. The van der Waals surface area contributed by atoms with Gasteiger partial charge in [-0.25, -0.2) is 4.98 Å². The summed E-state index contributed by atoms with van der Waals surface area (Å²) in [7, 11) is 0. The molecule has 0 saturated heterocycles. The van der Waals surface area contributed by atoms with E-state index in [2.05, 4.69) is 15.3 Å². The maximum absolute atomic E-state index is 12.0. The third-order valence-electron chi connectivity index (χ3n) is 1.80. The molecule has 6 heteroatoms. The summed E-state index contributed by atoms with van der Waals surface area (Å²) >= 11 is 0. The normalized spacial score (nSPS) is 13.7.